The molecule has 0 aromatic rings. The second-order valence-electron chi connectivity index (χ2n) is 1.51. The molecule has 12 nitrogen and oxygen atoms in total. The van der Waals surface area contributed by atoms with Crippen molar-refractivity contribution in [1.29, 1.82) is 0 Å². The Morgan fingerprint density at radius 3 is 1.00 bits per heavy atom. The summed E-state index contributed by atoms with van der Waals surface area (Å²) >= 11 is 0. The minimum atomic E-state index is -5.07. The maximum atomic E-state index is 9.28. The van der Waals surface area contributed by atoms with Gasteiger partial charge >= 0.3 is 50.0 Å². The molecule has 0 aliphatic heterocycles. The molecule has 0 bridgehead atoms. The van der Waals surface area contributed by atoms with Crippen molar-refractivity contribution in [3.8, 4) is 0 Å². The van der Waals surface area contributed by atoms with Crippen LogP contribution in [0.4, 0.5) is 9.59 Å². The summed E-state index contributed by atoms with van der Waals surface area (Å²) < 4.78 is 61.2. The van der Waals surface area contributed by atoms with E-state index in [0.717, 1.165) is 0 Å². The predicted octanol–water partition coefficient (Wildman–Crippen LogP) is -2.10. The summed E-state index contributed by atoms with van der Waals surface area (Å²) in [5, 5.41) is 14.9. The molecular formula is C2H2CaO12S2. The zero-order valence-electron chi connectivity index (χ0n) is 7.50. The van der Waals surface area contributed by atoms with Crippen LogP contribution in [0.25, 0.3) is 0 Å². The van der Waals surface area contributed by atoms with Gasteiger partial charge in [-0.1, -0.05) is 0 Å². The molecule has 0 amide bonds. The van der Waals surface area contributed by atoms with Gasteiger partial charge in [0.2, 0.25) is 0 Å². The topological polar surface area (TPSA) is 207 Å². The van der Waals surface area contributed by atoms with Gasteiger partial charge in [-0.05, 0) is 0 Å². The van der Waals surface area contributed by atoms with Gasteiger partial charge in [-0.15, -0.1) is 0 Å². The zero-order chi connectivity index (χ0) is 13.6. The van der Waals surface area contributed by atoms with Crippen LogP contribution < -0.4 is 0 Å². The standard InChI is InChI=1S/2CH2O6S.Ca/c2*2-1(3)7-8(4,5)6;/h2*(H,2,3)(H,4,5,6);/q;;+2/p-2. The molecule has 17 heavy (non-hydrogen) atoms. The third kappa shape index (κ3) is 31.3. The average Bonchev–Trinajstić information content (AvgIpc) is 1.72. The molecule has 0 fully saturated rings. The van der Waals surface area contributed by atoms with Crippen molar-refractivity contribution in [3.63, 3.8) is 0 Å². The van der Waals surface area contributed by atoms with Gasteiger partial charge in [-0.2, -0.15) is 0 Å². The van der Waals surface area contributed by atoms with Crippen LogP contribution in [0, 0.1) is 0 Å². The van der Waals surface area contributed by atoms with Gasteiger partial charge in [0.05, 0.1) is 0 Å². The van der Waals surface area contributed by atoms with Gasteiger partial charge in [0.25, 0.3) is 20.8 Å². The molecule has 96 valence electrons. The second-order valence-corrected chi connectivity index (χ2v) is 3.48. The fourth-order valence-electron chi connectivity index (χ4n) is 0.175. The van der Waals surface area contributed by atoms with Crippen LogP contribution in [0.1, 0.15) is 0 Å². The Balaban J connectivity index is -0.000000218. The van der Waals surface area contributed by atoms with Crippen molar-refractivity contribution >= 4 is 70.8 Å². The number of carbonyl (C=O) groups is 2. The summed E-state index contributed by atoms with van der Waals surface area (Å²) in [5.41, 5.74) is 0. The average molecular weight is 322 g/mol. The smallest absolute Gasteiger partial charge is 0.716 e. The Labute approximate surface area is 124 Å². The summed E-state index contributed by atoms with van der Waals surface area (Å²) in [6.07, 6.45) is -4.25. The molecule has 0 saturated heterocycles. The van der Waals surface area contributed by atoms with Crippen LogP contribution in [0.15, 0.2) is 0 Å². The van der Waals surface area contributed by atoms with Crippen molar-refractivity contribution in [2.24, 2.45) is 0 Å². The van der Waals surface area contributed by atoms with E-state index in [4.69, 9.17) is 10.2 Å². The van der Waals surface area contributed by atoms with Crippen molar-refractivity contribution < 1.29 is 54.1 Å². The maximum Gasteiger partial charge on any atom is 2.00 e. The summed E-state index contributed by atoms with van der Waals surface area (Å²) in [6.45, 7) is 0. The van der Waals surface area contributed by atoms with Crippen molar-refractivity contribution in [2.45, 2.75) is 0 Å². The predicted molar refractivity (Wildman–Crippen MR) is 43.4 cm³/mol. The first-order valence-corrected chi connectivity index (χ1v) is 5.26. The fraction of sp³-hybridized carbons (Fsp3) is 0. The van der Waals surface area contributed by atoms with E-state index < -0.39 is 33.1 Å². The second kappa shape index (κ2) is 8.67. The first kappa shape index (κ1) is 21.9. The molecule has 0 rings (SSSR count). The van der Waals surface area contributed by atoms with Gasteiger partial charge < -0.3 is 27.7 Å². The summed E-state index contributed by atoms with van der Waals surface area (Å²) in [4.78, 5) is 18.4. The number of hydrogen-bond donors (Lipinski definition) is 2. The Morgan fingerprint density at radius 2 is 1.00 bits per heavy atom. The fourth-order valence-corrected chi connectivity index (χ4v) is 0.524. The monoisotopic (exact) mass is 322 g/mol. The number of rotatable bonds is 2. The quantitative estimate of drug-likeness (QED) is 0.318. The number of hydrogen-bond acceptors (Lipinski definition) is 10. The molecule has 0 aromatic heterocycles. The van der Waals surface area contributed by atoms with Crippen LogP contribution in [0.3, 0.4) is 0 Å². The Morgan fingerprint density at radius 1 is 0.824 bits per heavy atom. The minimum absolute atomic E-state index is 0. The summed E-state index contributed by atoms with van der Waals surface area (Å²) in [6, 6.07) is 0. The molecule has 0 spiro atoms. The van der Waals surface area contributed by atoms with E-state index in [1.165, 1.54) is 0 Å². The summed E-state index contributed by atoms with van der Waals surface area (Å²) in [5.74, 6) is 0. The van der Waals surface area contributed by atoms with Crippen LogP contribution in [-0.2, 0) is 29.2 Å². The van der Waals surface area contributed by atoms with Crippen LogP contribution >= 0.6 is 0 Å². The first-order valence-electron chi connectivity index (χ1n) is 2.60. The summed E-state index contributed by atoms with van der Waals surface area (Å²) in [7, 11) is -10.1. The normalized spacial score (nSPS) is 10.0. The molecule has 0 aromatic carbocycles. The molecule has 2 N–H and O–H groups in total. The van der Waals surface area contributed by atoms with Crippen molar-refractivity contribution in [3.05, 3.63) is 0 Å². The molecule has 0 aliphatic carbocycles. The Hall–Kier alpha value is -0.380. The molecule has 0 unspecified atom stereocenters. The van der Waals surface area contributed by atoms with Gasteiger partial charge in [-0.3, -0.25) is 0 Å². The van der Waals surface area contributed by atoms with Gasteiger partial charge in [0.1, 0.15) is 0 Å². The molecular weight excluding hydrogens is 320 g/mol. The molecule has 0 saturated carbocycles. The molecule has 0 atom stereocenters. The molecule has 15 heteroatoms. The van der Waals surface area contributed by atoms with E-state index >= 15 is 0 Å². The van der Waals surface area contributed by atoms with Crippen LogP contribution in [-0.4, -0.2) is 86.2 Å². The Bertz CT molecular complexity index is 399. The zero-order valence-corrected chi connectivity index (χ0v) is 11.3. The van der Waals surface area contributed by atoms with E-state index in [1.807, 2.05) is 0 Å². The minimum Gasteiger partial charge on any atom is -0.716 e. The maximum absolute atomic E-state index is 9.28. The van der Waals surface area contributed by atoms with Gasteiger partial charge in [0, 0.05) is 0 Å². The molecule has 0 heterocycles. The van der Waals surface area contributed by atoms with Crippen molar-refractivity contribution in [2.75, 3.05) is 0 Å². The van der Waals surface area contributed by atoms with Crippen LogP contribution in [0.5, 0.6) is 0 Å². The first-order chi connectivity index (χ1) is 6.83. The largest absolute Gasteiger partial charge is 2.00 e. The molecule has 0 radical (unpaired) electrons. The third-order valence-corrected chi connectivity index (χ3v) is 1.04. The SMILES string of the molecule is O=C(O)OS(=O)(=O)[O-].O=C(O)OS(=O)(=O)[O-].[Ca+2]. The van der Waals surface area contributed by atoms with E-state index in [-0.39, 0.29) is 37.7 Å². The van der Waals surface area contributed by atoms with E-state index in [1.54, 1.807) is 0 Å². The van der Waals surface area contributed by atoms with Crippen molar-refractivity contribution in [1.82, 2.24) is 0 Å². The van der Waals surface area contributed by atoms with Gasteiger partial charge in [0.15, 0.2) is 0 Å². The van der Waals surface area contributed by atoms with Gasteiger partial charge in [-0.25, -0.2) is 26.4 Å². The Kier molecular flexibility index (Phi) is 11.2. The van der Waals surface area contributed by atoms with E-state index in [0.29, 0.717) is 0 Å². The number of carboxylic acid groups (broad SMARTS) is 2. The van der Waals surface area contributed by atoms with Crippen LogP contribution in [0.2, 0.25) is 0 Å². The van der Waals surface area contributed by atoms with E-state index in [2.05, 4.69) is 8.37 Å². The molecule has 0 aliphatic rings. The van der Waals surface area contributed by atoms with E-state index in [9.17, 15) is 35.5 Å². The third-order valence-electron chi connectivity index (χ3n) is 0.347.